The van der Waals surface area contributed by atoms with Gasteiger partial charge in [0, 0.05) is 25.2 Å². The Bertz CT molecular complexity index is 368. The van der Waals surface area contributed by atoms with Crippen molar-refractivity contribution in [2.75, 3.05) is 24.5 Å². The summed E-state index contributed by atoms with van der Waals surface area (Å²) < 4.78 is 13.1. The highest BCUT2D eigenvalue weighted by Crippen LogP contribution is 2.26. The first kappa shape index (κ1) is 10.0. The quantitative estimate of drug-likeness (QED) is 0.777. The minimum Gasteiger partial charge on any atom is -0.370 e. The molecule has 0 spiro atoms. The second-order valence-electron chi connectivity index (χ2n) is 4.70. The van der Waals surface area contributed by atoms with Crippen LogP contribution in [0.2, 0.25) is 0 Å². The Morgan fingerprint density at radius 3 is 2.94 bits per heavy atom. The van der Waals surface area contributed by atoms with E-state index in [1.807, 2.05) is 0 Å². The van der Waals surface area contributed by atoms with Gasteiger partial charge >= 0.3 is 0 Å². The molecule has 2 atom stereocenters. The lowest BCUT2D eigenvalue weighted by molar-refractivity contribution is 0.226. The normalized spacial score (nSPS) is 29.2. The van der Waals surface area contributed by atoms with Gasteiger partial charge in [-0.25, -0.2) is 4.39 Å². The van der Waals surface area contributed by atoms with Gasteiger partial charge in [-0.1, -0.05) is 0 Å². The molecule has 0 bridgehead atoms. The highest BCUT2D eigenvalue weighted by atomic mass is 19.1. The third kappa shape index (κ3) is 1.78. The van der Waals surface area contributed by atoms with Crippen molar-refractivity contribution < 1.29 is 4.39 Å². The lowest BCUT2D eigenvalue weighted by atomic mass is 9.88. The van der Waals surface area contributed by atoms with Crippen LogP contribution >= 0.6 is 0 Å². The van der Waals surface area contributed by atoms with Gasteiger partial charge in [0.05, 0.1) is 18.1 Å². The Kier molecular flexibility index (Phi) is 2.52. The Hall–Kier alpha value is -1.16. The molecule has 0 amide bonds. The first-order valence-corrected chi connectivity index (χ1v) is 5.92. The monoisotopic (exact) mass is 221 g/mol. The van der Waals surface area contributed by atoms with E-state index in [0.717, 1.165) is 37.7 Å². The standard InChI is InChI=1S/C12H16FN3/c13-10-5-11(8-14-7-10)16-3-1-9-6-15-12(9)2-4-16/h5,7-9,12,15H,1-4,6H2/t9-,12-/m0/s1. The molecule has 2 aliphatic heterocycles. The van der Waals surface area contributed by atoms with Gasteiger partial charge in [-0.15, -0.1) is 0 Å². The van der Waals surface area contributed by atoms with Gasteiger partial charge in [0.15, 0.2) is 0 Å². The number of hydrogen-bond acceptors (Lipinski definition) is 3. The van der Waals surface area contributed by atoms with E-state index in [4.69, 9.17) is 0 Å². The van der Waals surface area contributed by atoms with E-state index in [1.165, 1.54) is 12.6 Å². The van der Waals surface area contributed by atoms with Gasteiger partial charge in [0.1, 0.15) is 5.82 Å². The van der Waals surface area contributed by atoms with Crippen LogP contribution in [0.25, 0.3) is 0 Å². The highest BCUT2D eigenvalue weighted by Gasteiger charge is 2.32. The minimum absolute atomic E-state index is 0.247. The molecule has 16 heavy (non-hydrogen) atoms. The molecule has 0 saturated carbocycles. The van der Waals surface area contributed by atoms with Gasteiger partial charge in [-0.2, -0.15) is 0 Å². The Labute approximate surface area is 94.7 Å². The average Bonchev–Trinajstić information content (AvgIpc) is 2.38. The number of rotatable bonds is 1. The molecule has 2 aliphatic rings. The zero-order chi connectivity index (χ0) is 11.0. The molecular formula is C12H16FN3. The summed E-state index contributed by atoms with van der Waals surface area (Å²) in [5, 5.41) is 3.45. The zero-order valence-corrected chi connectivity index (χ0v) is 9.19. The van der Waals surface area contributed by atoms with Crippen molar-refractivity contribution in [2.24, 2.45) is 5.92 Å². The minimum atomic E-state index is -0.247. The van der Waals surface area contributed by atoms with E-state index >= 15 is 0 Å². The second kappa shape index (κ2) is 4.01. The van der Waals surface area contributed by atoms with Crippen molar-refractivity contribution in [2.45, 2.75) is 18.9 Å². The van der Waals surface area contributed by atoms with Crippen LogP contribution in [-0.4, -0.2) is 30.7 Å². The third-order valence-corrected chi connectivity index (χ3v) is 3.75. The summed E-state index contributed by atoms with van der Waals surface area (Å²) in [7, 11) is 0. The van der Waals surface area contributed by atoms with Gasteiger partial charge < -0.3 is 10.2 Å². The topological polar surface area (TPSA) is 28.2 Å². The van der Waals surface area contributed by atoms with E-state index in [-0.39, 0.29) is 5.82 Å². The molecule has 1 aromatic heterocycles. The van der Waals surface area contributed by atoms with E-state index in [0.29, 0.717) is 6.04 Å². The Morgan fingerprint density at radius 1 is 1.31 bits per heavy atom. The fraction of sp³-hybridized carbons (Fsp3) is 0.583. The molecule has 4 heteroatoms. The molecule has 3 nitrogen and oxygen atoms in total. The summed E-state index contributed by atoms with van der Waals surface area (Å²) in [6.07, 6.45) is 5.37. The van der Waals surface area contributed by atoms with E-state index in [9.17, 15) is 4.39 Å². The predicted octanol–water partition coefficient (Wildman–Crippen LogP) is 1.41. The Balaban J connectivity index is 1.74. The van der Waals surface area contributed by atoms with Crippen LogP contribution in [0.4, 0.5) is 10.1 Å². The summed E-state index contributed by atoms with van der Waals surface area (Å²) in [4.78, 5) is 6.16. The van der Waals surface area contributed by atoms with Crippen molar-refractivity contribution in [1.82, 2.24) is 10.3 Å². The molecule has 3 heterocycles. The molecule has 0 radical (unpaired) electrons. The smallest absolute Gasteiger partial charge is 0.143 e. The molecule has 3 rings (SSSR count). The van der Waals surface area contributed by atoms with Crippen LogP contribution in [0.3, 0.4) is 0 Å². The van der Waals surface area contributed by atoms with Crippen LogP contribution in [0.5, 0.6) is 0 Å². The van der Waals surface area contributed by atoms with Crippen LogP contribution in [0.1, 0.15) is 12.8 Å². The predicted molar refractivity (Wildman–Crippen MR) is 60.9 cm³/mol. The highest BCUT2D eigenvalue weighted by molar-refractivity contribution is 5.44. The molecular weight excluding hydrogens is 205 g/mol. The van der Waals surface area contributed by atoms with Gasteiger partial charge in [0.2, 0.25) is 0 Å². The maximum atomic E-state index is 13.1. The number of pyridine rings is 1. The van der Waals surface area contributed by atoms with Crippen LogP contribution in [-0.2, 0) is 0 Å². The fourth-order valence-corrected chi connectivity index (χ4v) is 2.65. The van der Waals surface area contributed by atoms with Crippen LogP contribution < -0.4 is 10.2 Å². The maximum absolute atomic E-state index is 13.1. The third-order valence-electron chi connectivity index (χ3n) is 3.75. The molecule has 0 unspecified atom stereocenters. The van der Waals surface area contributed by atoms with E-state index in [2.05, 4.69) is 15.2 Å². The molecule has 0 aliphatic carbocycles. The lowest BCUT2D eigenvalue weighted by Crippen LogP contribution is -2.52. The van der Waals surface area contributed by atoms with Crippen LogP contribution in [0, 0.1) is 11.7 Å². The molecule has 2 saturated heterocycles. The number of aromatic nitrogens is 1. The molecule has 1 N–H and O–H groups in total. The molecule has 86 valence electrons. The summed E-state index contributed by atoms with van der Waals surface area (Å²) in [6.45, 7) is 3.17. The lowest BCUT2D eigenvalue weighted by Gasteiger charge is -2.36. The largest absolute Gasteiger partial charge is 0.370 e. The van der Waals surface area contributed by atoms with Crippen molar-refractivity contribution >= 4 is 5.69 Å². The van der Waals surface area contributed by atoms with Gasteiger partial charge in [0.25, 0.3) is 0 Å². The molecule has 0 aromatic carbocycles. The van der Waals surface area contributed by atoms with E-state index < -0.39 is 0 Å². The summed E-state index contributed by atoms with van der Waals surface area (Å²) >= 11 is 0. The van der Waals surface area contributed by atoms with Crippen molar-refractivity contribution in [3.8, 4) is 0 Å². The molecule has 2 fully saturated rings. The number of nitrogens with zero attached hydrogens (tertiary/aromatic N) is 2. The number of hydrogen-bond donors (Lipinski definition) is 1. The first-order valence-electron chi connectivity index (χ1n) is 5.92. The SMILES string of the molecule is Fc1cncc(N2CC[C@H]3CN[C@H]3CC2)c1. The number of fused-ring (bicyclic) bond motifs is 1. The van der Waals surface area contributed by atoms with Crippen LogP contribution in [0.15, 0.2) is 18.5 Å². The number of halogens is 1. The second-order valence-corrected chi connectivity index (χ2v) is 4.70. The van der Waals surface area contributed by atoms with E-state index in [1.54, 1.807) is 12.3 Å². The maximum Gasteiger partial charge on any atom is 0.143 e. The molecule has 1 aromatic rings. The summed E-state index contributed by atoms with van der Waals surface area (Å²) in [5.41, 5.74) is 0.918. The Morgan fingerprint density at radius 2 is 2.19 bits per heavy atom. The van der Waals surface area contributed by atoms with Crippen molar-refractivity contribution in [1.29, 1.82) is 0 Å². The summed E-state index contributed by atoms with van der Waals surface area (Å²) in [6, 6.07) is 2.26. The van der Waals surface area contributed by atoms with Gasteiger partial charge in [-0.05, 0) is 25.3 Å². The average molecular weight is 221 g/mol. The number of anilines is 1. The summed E-state index contributed by atoms with van der Waals surface area (Å²) in [5.74, 6) is 0.578. The van der Waals surface area contributed by atoms with Crippen molar-refractivity contribution in [3.05, 3.63) is 24.3 Å². The van der Waals surface area contributed by atoms with Gasteiger partial charge in [-0.3, -0.25) is 4.98 Å². The number of nitrogens with one attached hydrogen (secondary N) is 1. The van der Waals surface area contributed by atoms with Crippen molar-refractivity contribution in [3.63, 3.8) is 0 Å². The first-order chi connectivity index (χ1) is 7.83. The zero-order valence-electron chi connectivity index (χ0n) is 9.19. The fourth-order valence-electron chi connectivity index (χ4n) is 2.65.